The van der Waals surface area contributed by atoms with Crippen molar-refractivity contribution in [2.24, 2.45) is 0 Å². The molecular formula is C18H19N7. The molecule has 0 amide bonds. The molecule has 1 aliphatic carbocycles. The van der Waals surface area contributed by atoms with Crippen LogP contribution in [0.5, 0.6) is 0 Å². The maximum atomic E-state index is 6.96. The highest BCUT2D eigenvalue weighted by Crippen LogP contribution is 2.33. The minimum absolute atomic E-state index is 0.302. The highest BCUT2D eigenvalue weighted by atomic mass is 15.1. The molecule has 1 aromatic carbocycles. The first-order valence-electron chi connectivity index (χ1n) is 8.41. The lowest BCUT2D eigenvalue weighted by molar-refractivity contribution is 0.336. The number of rotatable bonds is 3. The second-order valence-electron chi connectivity index (χ2n) is 6.41. The van der Waals surface area contributed by atoms with E-state index in [-0.39, 0.29) is 0 Å². The summed E-state index contributed by atoms with van der Waals surface area (Å²) in [6, 6.07) is 6.61. The smallest absolute Gasteiger partial charge is 0.223 e. The van der Waals surface area contributed by atoms with Crippen LogP contribution in [0.3, 0.4) is 0 Å². The molecule has 3 aromatic rings. The summed E-state index contributed by atoms with van der Waals surface area (Å²) < 4.78 is 2.24. The number of nitrogen functional groups attached to an aromatic ring is 1. The van der Waals surface area contributed by atoms with Gasteiger partial charge in [0.1, 0.15) is 5.52 Å². The van der Waals surface area contributed by atoms with Crippen LogP contribution >= 0.6 is 0 Å². The van der Waals surface area contributed by atoms with Crippen LogP contribution in [0.1, 0.15) is 31.7 Å². The van der Waals surface area contributed by atoms with Crippen molar-refractivity contribution in [3.05, 3.63) is 48.3 Å². The Kier molecular flexibility index (Phi) is 3.94. The average Bonchev–Trinajstić information content (AvgIpc) is 3.08. The number of nitrogens with zero attached hydrogens (tertiary/aromatic N) is 5. The maximum Gasteiger partial charge on any atom is 0.223 e. The lowest BCUT2D eigenvalue weighted by Gasteiger charge is -2.31. The van der Waals surface area contributed by atoms with Gasteiger partial charge in [-0.3, -0.25) is 0 Å². The number of imidazole rings is 1. The van der Waals surface area contributed by atoms with E-state index in [1.165, 1.54) is 0 Å². The number of nitrogens with two attached hydrogens (primary N) is 1. The zero-order chi connectivity index (χ0) is 17.2. The van der Waals surface area contributed by atoms with E-state index in [0.29, 0.717) is 23.7 Å². The lowest BCUT2D eigenvalue weighted by atomic mass is 9.90. The first-order valence-corrected chi connectivity index (χ1v) is 8.41. The Bertz CT molecular complexity index is 923. The monoisotopic (exact) mass is 333 g/mol. The third kappa shape index (κ3) is 2.98. The number of benzene rings is 1. The fraction of sp³-hybridized carbons (Fsp3) is 0.333. The van der Waals surface area contributed by atoms with Gasteiger partial charge in [0.05, 0.1) is 24.1 Å². The zero-order valence-corrected chi connectivity index (χ0v) is 13.8. The molecule has 2 atom stereocenters. The predicted octanol–water partition coefficient (Wildman–Crippen LogP) is 3.56. The number of aromatic nitrogens is 4. The number of para-hydroxylation sites is 1. The molecule has 1 saturated carbocycles. The van der Waals surface area contributed by atoms with Gasteiger partial charge in [-0.2, -0.15) is 0 Å². The van der Waals surface area contributed by atoms with Gasteiger partial charge in [0, 0.05) is 24.5 Å². The number of anilines is 2. The van der Waals surface area contributed by atoms with Crippen molar-refractivity contribution in [3.8, 4) is 0 Å². The average molecular weight is 333 g/mol. The Balaban J connectivity index is 1.52. The highest BCUT2D eigenvalue weighted by molar-refractivity contribution is 5.87. The van der Waals surface area contributed by atoms with Crippen LogP contribution in [0, 0.1) is 6.57 Å². The minimum atomic E-state index is 0.302. The molecule has 1 fully saturated rings. The van der Waals surface area contributed by atoms with E-state index in [1.54, 1.807) is 12.4 Å². The maximum absolute atomic E-state index is 6.96. The minimum Gasteiger partial charge on any atom is -0.397 e. The molecule has 25 heavy (non-hydrogen) atoms. The van der Waals surface area contributed by atoms with Crippen molar-refractivity contribution in [2.45, 2.75) is 37.8 Å². The van der Waals surface area contributed by atoms with Gasteiger partial charge in [-0.05, 0) is 37.8 Å². The molecule has 3 N–H and O–H groups in total. The number of fused-ring (bicyclic) bond motifs is 1. The molecule has 4 rings (SSSR count). The molecule has 0 spiro atoms. The van der Waals surface area contributed by atoms with E-state index in [2.05, 4.69) is 35.7 Å². The fourth-order valence-corrected chi connectivity index (χ4v) is 3.55. The third-order valence-electron chi connectivity index (χ3n) is 4.78. The van der Waals surface area contributed by atoms with Crippen LogP contribution in [0.4, 0.5) is 17.3 Å². The van der Waals surface area contributed by atoms with E-state index in [0.717, 1.165) is 42.4 Å². The number of nitrogens with one attached hydrogen (secondary N) is 1. The summed E-state index contributed by atoms with van der Waals surface area (Å²) in [6.07, 6.45) is 9.31. The fourth-order valence-electron chi connectivity index (χ4n) is 3.55. The van der Waals surface area contributed by atoms with Crippen LogP contribution in [0.25, 0.3) is 15.9 Å². The van der Waals surface area contributed by atoms with Crippen LogP contribution in [0.15, 0.2) is 36.9 Å². The molecule has 126 valence electrons. The number of hydrogen-bond acceptors (Lipinski definition) is 5. The molecule has 7 heteroatoms. The Labute approximate surface area is 145 Å². The molecular weight excluding hydrogens is 314 g/mol. The Morgan fingerprint density at radius 3 is 2.84 bits per heavy atom. The van der Waals surface area contributed by atoms with Crippen molar-refractivity contribution >= 4 is 28.4 Å². The summed E-state index contributed by atoms with van der Waals surface area (Å²) in [5.41, 5.74) is 9.15. The normalized spacial score (nSPS) is 20.3. The summed E-state index contributed by atoms with van der Waals surface area (Å²) in [6.45, 7) is 6.96. The standard InChI is InChI=1S/C18H19N7/c1-20-13-9-21-18(22-10-13)24-12-4-2-5-14(8-12)25-11-23-17-15(19)6-3-7-16(17)25/h3,6-7,9-12,14H,2,4-5,8,19H2,(H,21,22,24)/t12-,14+/m1/s1. The van der Waals surface area contributed by atoms with Crippen LogP contribution < -0.4 is 11.1 Å². The first kappa shape index (κ1) is 15.4. The van der Waals surface area contributed by atoms with Gasteiger partial charge in [-0.15, -0.1) is 0 Å². The van der Waals surface area contributed by atoms with E-state index >= 15 is 0 Å². The molecule has 1 aliphatic rings. The van der Waals surface area contributed by atoms with Crippen LogP contribution in [0.2, 0.25) is 0 Å². The molecule has 2 heterocycles. The van der Waals surface area contributed by atoms with Gasteiger partial charge < -0.3 is 15.6 Å². The summed E-state index contributed by atoms with van der Waals surface area (Å²) in [5, 5.41) is 3.40. The molecule has 2 aromatic heterocycles. The Hall–Kier alpha value is -3.14. The van der Waals surface area contributed by atoms with Crippen molar-refractivity contribution < 1.29 is 0 Å². The topological polar surface area (TPSA) is 86.0 Å². The second-order valence-corrected chi connectivity index (χ2v) is 6.41. The van der Waals surface area contributed by atoms with Gasteiger partial charge in [0.15, 0.2) is 0 Å². The van der Waals surface area contributed by atoms with Crippen LogP contribution in [-0.2, 0) is 0 Å². The van der Waals surface area contributed by atoms with E-state index in [4.69, 9.17) is 12.3 Å². The summed E-state index contributed by atoms with van der Waals surface area (Å²) in [5.74, 6) is 0.581. The summed E-state index contributed by atoms with van der Waals surface area (Å²) in [7, 11) is 0. The van der Waals surface area contributed by atoms with Crippen molar-refractivity contribution in [2.75, 3.05) is 11.1 Å². The molecule has 0 bridgehead atoms. The summed E-state index contributed by atoms with van der Waals surface area (Å²) in [4.78, 5) is 16.2. The van der Waals surface area contributed by atoms with Gasteiger partial charge >= 0.3 is 0 Å². The van der Waals surface area contributed by atoms with E-state index < -0.39 is 0 Å². The molecule has 0 saturated heterocycles. The largest absolute Gasteiger partial charge is 0.397 e. The molecule has 0 unspecified atom stereocenters. The SMILES string of the molecule is [C-]#[N+]c1cnc(N[C@@H]2CCC[C@H](n3cnc4c(N)cccc43)C2)nc1. The van der Waals surface area contributed by atoms with Gasteiger partial charge in [0.25, 0.3) is 0 Å². The first-order chi connectivity index (χ1) is 12.2. The van der Waals surface area contributed by atoms with Gasteiger partial charge in [-0.1, -0.05) is 6.07 Å². The Morgan fingerprint density at radius 1 is 1.20 bits per heavy atom. The van der Waals surface area contributed by atoms with E-state index in [1.807, 2.05) is 18.5 Å². The van der Waals surface area contributed by atoms with Crippen molar-refractivity contribution in [1.29, 1.82) is 0 Å². The lowest BCUT2D eigenvalue weighted by Crippen LogP contribution is -2.29. The summed E-state index contributed by atoms with van der Waals surface area (Å²) >= 11 is 0. The molecule has 0 radical (unpaired) electrons. The zero-order valence-electron chi connectivity index (χ0n) is 13.8. The van der Waals surface area contributed by atoms with Crippen LogP contribution in [-0.4, -0.2) is 25.6 Å². The number of hydrogen-bond donors (Lipinski definition) is 2. The third-order valence-corrected chi connectivity index (χ3v) is 4.78. The quantitative estimate of drug-likeness (QED) is 0.565. The molecule has 0 aliphatic heterocycles. The van der Waals surface area contributed by atoms with Crippen molar-refractivity contribution in [1.82, 2.24) is 19.5 Å². The van der Waals surface area contributed by atoms with Crippen molar-refractivity contribution in [3.63, 3.8) is 0 Å². The van der Waals surface area contributed by atoms with E-state index in [9.17, 15) is 0 Å². The highest BCUT2D eigenvalue weighted by Gasteiger charge is 2.25. The second kappa shape index (κ2) is 6.40. The van der Waals surface area contributed by atoms with Gasteiger partial charge in [-0.25, -0.2) is 19.8 Å². The Morgan fingerprint density at radius 2 is 2.04 bits per heavy atom. The predicted molar refractivity (Wildman–Crippen MR) is 97.4 cm³/mol. The molecule has 7 nitrogen and oxygen atoms in total. The van der Waals surface area contributed by atoms with Gasteiger partial charge in [0.2, 0.25) is 11.6 Å².